The third-order valence-electron chi connectivity index (χ3n) is 3.71. The molecule has 0 aliphatic carbocycles. The van der Waals surface area contributed by atoms with Crippen LogP contribution in [0, 0.1) is 5.82 Å². The molecular weight excluding hydrogens is 379 g/mol. The van der Waals surface area contributed by atoms with E-state index >= 15 is 0 Å². The number of benzene rings is 1. The SMILES string of the molecule is O=C(Nc1cc(CSCCO)ccn1)c1cccnc1Nc1cccc(F)c1. The van der Waals surface area contributed by atoms with Crippen molar-refractivity contribution >= 4 is 35.0 Å². The number of anilines is 3. The van der Waals surface area contributed by atoms with Crippen molar-refractivity contribution in [2.45, 2.75) is 5.75 Å². The molecule has 0 radical (unpaired) electrons. The molecule has 3 rings (SSSR count). The summed E-state index contributed by atoms with van der Waals surface area (Å²) in [7, 11) is 0. The van der Waals surface area contributed by atoms with E-state index in [1.165, 1.54) is 12.1 Å². The molecule has 0 saturated heterocycles. The summed E-state index contributed by atoms with van der Waals surface area (Å²) in [6.45, 7) is 0.126. The minimum atomic E-state index is -0.382. The van der Waals surface area contributed by atoms with E-state index in [0.717, 1.165) is 5.56 Å². The van der Waals surface area contributed by atoms with Gasteiger partial charge in [0.1, 0.15) is 17.5 Å². The summed E-state index contributed by atoms with van der Waals surface area (Å²) in [5, 5.41) is 14.6. The van der Waals surface area contributed by atoms with E-state index in [1.807, 2.05) is 6.07 Å². The Morgan fingerprint density at radius 3 is 2.82 bits per heavy atom. The van der Waals surface area contributed by atoms with Crippen LogP contribution < -0.4 is 10.6 Å². The second-order valence-corrected chi connectivity index (χ2v) is 6.92. The molecule has 6 nitrogen and oxygen atoms in total. The van der Waals surface area contributed by atoms with Crippen molar-refractivity contribution in [3.8, 4) is 0 Å². The molecule has 28 heavy (non-hydrogen) atoms. The molecular formula is C20H19FN4O2S. The van der Waals surface area contributed by atoms with Crippen LogP contribution in [-0.2, 0) is 5.75 Å². The summed E-state index contributed by atoms with van der Waals surface area (Å²) in [6.07, 6.45) is 3.18. The number of nitrogens with one attached hydrogen (secondary N) is 2. The van der Waals surface area contributed by atoms with E-state index < -0.39 is 0 Å². The number of amides is 1. The molecule has 0 atom stereocenters. The van der Waals surface area contributed by atoms with Crippen molar-refractivity contribution in [3.05, 3.63) is 77.9 Å². The van der Waals surface area contributed by atoms with Crippen molar-refractivity contribution in [2.24, 2.45) is 0 Å². The van der Waals surface area contributed by atoms with Gasteiger partial charge in [0.2, 0.25) is 0 Å². The number of thioether (sulfide) groups is 1. The van der Waals surface area contributed by atoms with Crippen LogP contribution in [0.25, 0.3) is 0 Å². The molecule has 0 bridgehead atoms. The number of nitrogens with zero attached hydrogens (tertiary/aromatic N) is 2. The number of carbonyl (C=O) groups excluding carboxylic acids is 1. The zero-order chi connectivity index (χ0) is 19.8. The van der Waals surface area contributed by atoms with Crippen LogP contribution in [0.3, 0.4) is 0 Å². The standard InChI is InChI=1S/C20H19FN4O2S/c21-15-3-1-4-16(12-15)24-19-17(5-2-7-23-19)20(27)25-18-11-14(6-8-22-18)13-28-10-9-26/h1-8,11-12,26H,9-10,13H2,(H,23,24)(H,22,25,27). The fraction of sp³-hybridized carbons (Fsp3) is 0.150. The number of aliphatic hydroxyl groups excluding tert-OH is 1. The Hall–Kier alpha value is -2.97. The van der Waals surface area contributed by atoms with Crippen LogP contribution in [0.4, 0.5) is 21.7 Å². The summed E-state index contributed by atoms with van der Waals surface area (Å²) in [5.74, 6) is 1.35. The van der Waals surface area contributed by atoms with E-state index in [0.29, 0.717) is 34.4 Å². The first-order valence-electron chi connectivity index (χ1n) is 8.58. The maximum atomic E-state index is 13.4. The molecule has 0 spiro atoms. The summed E-state index contributed by atoms with van der Waals surface area (Å²) in [4.78, 5) is 21.1. The van der Waals surface area contributed by atoms with E-state index in [-0.39, 0.29) is 18.3 Å². The predicted octanol–water partition coefficient (Wildman–Crippen LogP) is 3.84. The number of carbonyl (C=O) groups is 1. The Labute approximate surface area is 166 Å². The lowest BCUT2D eigenvalue weighted by molar-refractivity contribution is 0.102. The predicted molar refractivity (Wildman–Crippen MR) is 109 cm³/mol. The van der Waals surface area contributed by atoms with E-state index in [9.17, 15) is 9.18 Å². The molecule has 1 aromatic carbocycles. The van der Waals surface area contributed by atoms with Crippen molar-refractivity contribution in [1.29, 1.82) is 0 Å². The highest BCUT2D eigenvalue weighted by Gasteiger charge is 2.14. The summed E-state index contributed by atoms with van der Waals surface area (Å²) < 4.78 is 13.4. The normalized spacial score (nSPS) is 10.5. The zero-order valence-electron chi connectivity index (χ0n) is 14.9. The monoisotopic (exact) mass is 398 g/mol. The average molecular weight is 398 g/mol. The minimum Gasteiger partial charge on any atom is -0.396 e. The van der Waals surface area contributed by atoms with Gasteiger partial charge in [0.25, 0.3) is 5.91 Å². The summed E-state index contributed by atoms with van der Waals surface area (Å²) >= 11 is 1.59. The second-order valence-electron chi connectivity index (χ2n) is 5.81. The Bertz CT molecular complexity index is 955. The lowest BCUT2D eigenvalue weighted by Gasteiger charge is -2.11. The molecule has 0 fully saturated rings. The zero-order valence-corrected chi connectivity index (χ0v) is 15.7. The van der Waals surface area contributed by atoms with Gasteiger partial charge in [0.15, 0.2) is 0 Å². The maximum Gasteiger partial charge on any atom is 0.260 e. The van der Waals surface area contributed by atoms with Crippen LogP contribution in [0.5, 0.6) is 0 Å². The Balaban J connectivity index is 1.74. The smallest absolute Gasteiger partial charge is 0.260 e. The largest absolute Gasteiger partial charge is 0.396 e. The molecule has 0 unspecified atom stereocenters. The molecule has 2 heterocycles. The highest BCUT2D eigenvalue weighted by Crippen LogP contribution is 2.21. The van der Waals surface area contributed by atoms with Gasteiger partial charge in [-0.25, -0.2) is 14.4 Å². The van der Waals surface area contributed by atoms with Crippen LogP contribution >= 0.6 is 11.8 Å². The van der Waals surface area contributed by atoms with Crippen molar-refractivity contribution in [1.82, 2.24) is 9.97 Å². The molecule has 1 amide bonds. The molecule has 0 aliphatic heterocycles. The van der Waals surface area contributed by atoms with Crippen molar-refractivity contribution < 1.29 is 14.3 Å². The molecule has 3 N–H and O–H groups in total. The van der Waals surface area contributed by atoms with Crippen LogP contribution in [-0.4, -0.2) is 33.3 Å². The molecule has 144 valence electrons. The Morgan fingerprint density at radius 1 is 1.11 bits per heavy atom. The Morgan fingerprint density at radius 2 is 2.00 bits per heavy atom. The molecule has 8 heteroatoms. The van der Waals surface area contributed by atoms with Crippen LogP contribution in [0.2, 0.25) is 0 Å². The van der Waals surface area contributed by atoms with E-state index in [4.69, 9.17) is 5.11 Å². The van der Waals surface area contributed by atoms with Gasteiger partial charge in [0.05, 0.1) is 12.2 Å². The molecule has 3 aromatic rings. The fourth-order valence-corrected chi connectivity index (χ4v) is 3.15. The van der Waals surface area contributed by atoms with Gasteiger partial charge in [-0.05, 0) is 48.0 Å². The van der Waals surface area contributed by atoms with Gasteiger partial charge in [-0.1, -0.05) is 6.07 Å². The van der Waals surface area contributed by atoms with E-state index in [2.05, 4.69) is 20.6 Å². The molecule has 0 saturated carbocycles. The number of aliphatic hydroxyl groups is 1. The molecule has 2 aromatic heterocycles. The Kier molecular flexibility index (Phi) is 6.94. The van der Waals surface area contributed by atoms with Crippen LogP contribution in [0.15, 0.2) is 60.9 Å². The van der Waals surface area contributed by atoms with Gasteiger partial charge in [-0.3, -0.25) is 4.79 Å². The van der Waals surface area contributed by atoms with Gasteiger partial charge in [0, 0.05) is 29.6 Å². The lowest BCUT2D eigenvalue weighted by atomic mass is 10.2. The number of pyridine rings is 2. The van der Waals surface area contributed by atoms with Gasteiger partial charge in [-0.15, -0.1) is 0 Å². The van der Waals surface area contributed by atoms with Gasteiger partial charge < -0.3 is 15.7 Å². The van der Waals surface area contributed by atoms with Crippen molar-refractivity contribution in [3.63, 3.8) is 0 Å². The highest BCUT2D eigenvalue weighted by molar-refractivity contribution is 7.98. The van der Waals surface area contributed by atoms with Crippen molar-refractivity contribution in [2.75, 3.05) is 23.0 Å². The number of hydrogen-bond acceptors (Lipinski definition) is 6. The number of rotatable bonds is 8. The lowest BCUT2D eigenvalue weighted by Crippen LogP contribution is -2.15. The number of halogens is 1. The third-order valence-corrected chi connectivity index (χ3v) is 4.72. The number of hydrogen-bond donors (Lipinski definition) is 3. The first-order chi connectivity index (χ1) is 13.7. The number of aromatic nitrogens is 2. The first-order valence-corrected chi connectivity index (χ1v) is 9.73. The first kappa shape index (κ1) is 19.8. The van der Waals surface area contributed by atoms with Gasteiger partial charge >= 0.3 is 0 Å². The molecule has 0 aliphatic rings. The topological polar surface area (TPSA) is 87.1 Å². The third kappa shape index (κ3) is 5.51. The van der Waals surface area contributed by atoms with Gasteiger partial charge in [-0.2, -0.15) is 11.8 Å². The van der Waals surface area contributed by atoms with E-state index in [1.54, 1.807) is 54.5 Å². The summed E-state index contributed by atoms with van der Waals surface area (Å²) in [6, 6.07) is 12.9. The summed E-state index contributed by atoms with van der Waals surface area (Å²) in [5.41, 5.74) is 1.80. The minimum absolute atomic E-state index is 0.126. The fourth-order valence-electron chi connectivity index (χ4n) is 2.46. The highest BCUT2D eigenvalue weighted by atomic mass is 32.2. The second kappa shape index (κ2) is 9.82. The maximum absolute atomic E-state index is 13.4. The average Bonchev–Trinajstić information content (AvgIpc) is 2.69. The van der Waals surface area contributed by atoms with Crippen LogP contribution in [0.1, 0.15) is 15.9 Å². The quantitative estimate of drug-likeness (QED) is 0.500.